The number of nitrogens with zero attached hydrogens (tertiary/aromatic N) is 1. The van der Waals surface area contributed by atoms with Crippen LogP contribution in [0, 0.1) is 0 Å². The number of carbonyl (C=O) groups excluding carboxylic acids is 2. The topological polar surface area (TPSA) is 102 Å². The molecule has 0 aliphatic carbocycles. The Morgan fingerprint density at radius 2 is 1.86 bits per heavy atom. The first kappa shape index (κ1) is 20.3. The number of Topliss-reactive ketones (excluding diaryl/α,β-unsaturated/α-hetero) is 1. The fourth-order valence-corrected chi connectivity index (χ4v) is 4.29. The number of amidine groups is 1. The van der Waals surface area contributed by atoms with Crippen LogP contribution in [0.4, 0.5) is 0 Å². The number of halogens is 2. The second-order valence-corrected chi connectivity index (χ2v) is 8.28. The third kappa shape index (κ3) is 4.52. The zero-order chi connectivity index (χ0) is 20.3. The molecule has 2 aromatic rings. The van der Waals surface area contributed by atoms with Crippen molar-refractivity contribution in [2.45, 2.75) is 11.3 Å². The van der Waals surface area contributed by atoms with Crippen LogP contribution in [0.1, 0.15) is 22.3 Å². The largest absolute Gasteiger partial charge is 0.457 e. The van der Waals surface area contributed by atoms with E-state index in [0.717, 1.165) is 0 Å². The van der Waals surface area contributed by atoms with Crippen LogP contribution < -0.4 is 4.72 Å². The highest BCUT2D eigenvalue weighted by Crippen LogP contribution is 2.22. The van der Waals surface area contributed by atoms with Gasteiger partial charge in [-0.25, -0.2) is 8.42 Å². The first-order valence-corrected chi connectivity index (χ1v) is 10.3. The third-order valence-corrected chi connectivity index (χ3v) is 5.79. The number of ether oxygens (including phenoxy) is 1. The quantitative estimate of drug-likeness (QED) is 0.549. The van der Waals surface area contributed by atoms with Crippen molar-refractivity contribution in [2.24, 2.45) is 4.99 Å². The highest BCUT2D eigenvalue weighted by atomic mass is 35.5. The molecule has 10 heteroatoms. The van der Waals surface area contributed by atoms with Gasteiger partial charge in [0.15, 0.2) is 6.61 Å². The maximum absolute atomic E-state index is 12.1. The van der Waals surface area contributed by atoms with Crippen LogP contribution in [0.15, 0.2) is 52.4 Å². The van der Waals surface area contributed by atoms with E-state index in [2.05, 4.69) is 9.71 Å². The Balaban J connectivity index is 1.54. The van der Waals surface area contributed by atoms with E-state index in [0.29, 0.717) is 10.6 Å². The van der Waals surface area contributed by atoms with Crippen molar-refractivity contribution in [2.75, 3.05) is 13.2 Å². The van der Waals surface area contributed by atoms with Gasteiger partial charge < -0.3 is 4.74 Å². The van der Waals surface area contributed by atoms with Gasteiger partial charge in [0.25, 0.3) is 10.0 Å². The number of nitrogens with one attached hydrogen (secondary N) is 1. The Bertz CT molecular complexity index is 1080. The third-order valence-electron chi connectivity index (χ3n) is 3.84. The summed E-state index contributed by atoms with van der Waals surface area (Å²) in [4.78, 5) is 28.1. The molecule has 1 aliphatic rings. The number of hydrogen-bond acceptors (Lipinski definition) is 6. The maximum atomic E-state index is 12.1. The van der Waals surface area contributed by atoms with E-state index in [-0.39, 0.29) is 34.3 Å². The van der Waals surface area contributed by atoms with Crippen molar-refractivity contribution < 1.29 is 22.7 Å². The molecule has 0 aromatic heterocycles. The van der Waals surface area contributed by atoms with E-state index < -0.39 is 28.4 Å². The van der Waals surface area contributed by atoms with Crippen LogP contribution in [-0.4, -0.2) is 39.2 Å². The number of aliphatic imine (C=N–C) groups is 1. The van der Waals surface area contributed by atoms with Gasteiger partial charge >= 0.3 is 5.97 Å². The Morgan fingerprint density at radius 1 is 1.11 bits per heavy atom. The van der Waals surface area contributed by atoms with Crippen molar-refractivity contribution in [3.05, 3.63) is 63.6 Å². The molecule has 146 valence electrons. The van der Waals surface area contributed by atoms with Crippen molar-refractivity contribution in [3.63, 3.8) is 0 Å². The van der Waals surface area contributed by atoms with Crippen molar-refractivity contribution in [1.82, 2.24) is 4.72 Å². The van der Waals surface area contributed by atoms with Crippen LogP contribution in [0.3, 0.4) is 0 Å². The summed E-state index contributed by atoms with van der Waals surface area (Å²) in [7, 11) is -3.63. The number of rotatable bonds is 6. The highest BCUT2D eigenvalue weighted by Gasteiger charge is 2.30. The summed E-state index contributed by atoms with van der Waals surface area (Å²) >= 11 is 11.7. The number of ketones is 1. The summed E-state index contributed by atoms with van der Waals surface area (Å²) in [5.41, 5.74) is 0.652. The summed E-state index contributed by atoms with van der Waals surface area (Å²) in [6, 6.07) is 10.8. The first-order chi connectivity index (χ1) is 13.3. The van der Waals surface area contributed by atoms with Gasteiger partial charge in [0, 0.05) is 16.1 Å². The van der Waals surface area contributed by atoms with Crippen LogP contribution >= 0.6 is 23.2 Å². The molecule has 28 heavy (non-hydrogen) atoms. The van der Waals surface area contributed by atoms with Gasteiger partial charge in [-0.1, -0.05) is 35.3 Å². The first-order valence-electron chi connectivity index (χ1n) is 8.08. The van der Waals surface area contributed by atoms with E-state index in [1.807, 2.05) is 0 Å². The number of carbonyl (C=O) groups is 2. The molecule has 0 atom stereocenters. The molecule has 1 heterocycles. The normalized spacial score (nSPS) is 15.7. The predicted octanol–water partition coefficient (Wildman–Crippen LogP) is 2.85. The molecule has 0 unspecified atom stereocenters. The molecule has 3 rings (SSSR count). The van der Waals surface area contributed by atoms with Gasteiger partial charge in [-0.15, -0.1) is 0 Å². The molecule has 0 amide bonds. The SMILES string of the molecule is O=C(CCN=C1NS(=O)(=O)c2ccccc21)OCC(=O)c1ccc(Cl)cc1Cl. The average Bonchev–Trinajstić information content (AvgIpc) is 2.91. The average molecular weight is 441 g/mol. The Morgan fingerprint density at radius 3 is 2.61 bits per heavy atom. The molecule has 0 spiro atoms. The molecule has 0 fully saturated rings. The van der Waals surface area contributed by atoms with E-state index >= 15 is 0 Å². The van der Waals surface area contributed by atoms with Gasteiger partial charge in [-0.2, -0.15) is 0 Å². The summed E-state index contributed by atoms with van der Waals surface area (Å²) in [6.07, 6.45) is -0.116. The van der Waals surface area contributed by atoms with Crippen LogP contribution in [0.2, 0.25) is 10.0 Å². The molecule has 1 aliphatic heterocycles. The number of fused-ring (bicyclic) bond motifs is 1. The van der Waals surface area contributed by atoms with E-state index in [9.17, 15) is 18.0 Å². The van der Waals surface area contributed by atoms with Gasteiger partial charge in [0.2, 0.25) is 5.78 Å². The lowest BCUT2D eigenvalue weighted by Gasteiger charge is -2.06. The van der Waals surface area contributed by atoms with E-state index in [1.54, 1.807) is 18.2 Å². The fraction of sp³-hybridized carbons (Fsp3) is 0.167. The molecular formula is C18H14Cl2N2O5S. The highest BCUT2D eigenvalue weighted by molar-refractivity contribution is 7.90. The monoisotopic (exact) mass is 440 g/mol. The van der Waals surface area contributed by atoms with Crippen molar-refractivity contribution >= 4 is 50.8 Å². The van der Waals surface area contributed by atoms with Gasteiger partial charge in [0.1, 0.15) is 5.84 Å². The molecule has 0 saturated carbocycles. The summed E-state index contributed by atoms with van der Waals surface area (Å²) in [5, 5.41) is 0.564. The van der Waals surface area contributed by atoms with Crippen molar-refractivity contribution in [3.8, 4) is 0 Å². The molecule has 1 N–H and O–H groups in total. The number of hydrogen-bond donors (Lipinski definition) is 1. The molecule has 0 saturated heterocycles. The second kappa shape index (κ2) is 8.30. The van der Waals surface area contributed by atoms with E-state index in [1.165, 1.54) is 24.3 Å². The minimum absolute atomic E-state index is 0.000905. The zero-order valence-corrected chi connectivity index (χ0v) is 16.6. The number of benzene rings is 2. The van der Waals surface area contributed by atoms with Crippen molar-refractivity contribution in [1.29, 1.82) is 0 Å². The minimum atomic E-state index is -3.63. The van der Waals surface area contributed by atoms with Gasteiger partial charge in [0.05, 0.1) is 22.9 Å². The van der Waals surface area contributed by atoms with Gasteiger partial charge in [-0.05, 0) is 30.3 Å². The standard InChI is InChI=1S/C18H14Cl2N2O5S/c19-11-5-6-12(14(20)9-11)15(23)10-27-17(24)7-8-21-18-13-3-1-2-4-16(13)28(25,26)22-18/h1-6,9H,7-8,10H2,(H,21,22). The molecular weight excluding hydrogens is 427 g/mol. The lowest BCUT2D eigenvalue weighted by Crippen LogP contribution is -2.22. The van der Waals surface area contributed by atoms with Crippen LogP contribution in [0.5, 0.6) is 0 Å². The van der Waals surface area contributed by atoms with E-state index in [4.69, 9.17) is 27.9 Å². The molecule has 2 aromatic carbocycles. The Labute approximate surface area is 171 Å². The summed E-state index contributed by atoms with van der Waals surface area (Å²) < 4.78 is 31.2. The number of esters is 1. The minimum Gasteiger partial charge on any atom is -0.457 e. The molecule has 0 radical (unpaired) electrons. The lowest BCUT2D eigenvalue weighted by atomic mass is 10.1. The molecule has 7 nitrogen and oxygen atoms in total. The second-order valence-electron chi connectivity index (χ2n) is 5.79. The maximum Gasteiger partial charge on any atom is 0.308 e. The fourth-order valence-electron chi connectivity index (χ4n) is 2.52. The van der Waals surface area contributed by atoms with Crippen LogP contribution in [0.25, 0.3) is 0 Å². The Hall–Kier alpha value is -2.42. The van der Waals surface area contributed by atoms with Gasteiger partial charge in [-0.3, -0.25) is 19.3 Å². The van der Waals surface area contributed by atoms with Crippen LogP contribution in [-0.2, 0) is 19.6 Å². The predicted molar refractivity (Wildman–Crippen MR) is 105 cm³/mol. The smallest absolute Gasteiger partial charge is 0.308 e. The summed E-state index contributed by atoms with van der Waals surface area (Å²) in [5.74, 6) is -0.928. The Kier molecular flexibility index (Phi) is 6.02. The number of sulfonamides is 1. The molecule has 0 bridgehead atoms. The lowest BCUT2D eigenvalue weighted by molar-refractivity contribution is -0.142. The zero-order valence-electron chi connectivity index (χ0n) is 14.3. The summed E-state index contributed by atoms with van der Waals surface area (Å²) in [6.45, 7) is -0.465.